The number of aryl methyl sites for hydroxylation is 1. The van der Waals surface area contributed by atoms with Crippen molar-refractivity contribution in [2.24, 2.45) is 5.92 Å². The number of carbonyl (C=O) groups is 3. The van der Waals surface area contributed by atoms with Gasteiger partial charge in [0.05, 0.1) is 11.6 Å². The molecule has 1 aliphatic rings. The number of benzene rings is 1. The van der Waals surface area contributed by atoms with Crippen LogP contribution in [-0.2, 0) is 17.6 Å². The highest BCUT2D eigenvalue weighted by Gasteiger charge is 2.34. The van der Waals surface area contributed by atoms with E-state index < -0.39 is 17.7 Å². The van der Waals surface area contributed by atoms with Gasteiger partial charge < -0.3 is 10.4 Å². The molecule has 0 bridgehead atoms. The normalized spacial score (nSPS) is 14.0. The fourth-order valence-corrected chi connectivity index (χ4v) is 4.34. The zero-order valence-corrected chi connectivity index (χ0v) is 14.6. The number of hydrogen-bond acceptors (Lipinski definition) is 5. The van der Waals surface area contributed by atoms with Gasteiger partial charge in [0.1, 0.15) is 5.00 Å². The van der Waals surface area contributed by atoms with Crippen LogP contribution in [0.1, 0.15) is 44.0 Å². The molecule has 0 saturated heterocycles. The molecule has 0 aliphatic heterocycles. The number of anilines is 1. The molecule has 6 nitrogen and oxygen atoms in total. The molecule has 1 aromatic heterocycles. The Labute approximate surface area is 154 Å². The van der Waals surface area contributed by atoms with Crippen LogP contribution in [0.4, 0.5) is 5.00 Å². The van der Waals surface area contributed by atoms with Crippen molar-refractivity contribution in [3.63, 3.8) is 0 Å². The van der Waals surface area contributed by atoms with E-state index in [2.05, 4.69) is 5.32 Å². The number of ketones is 1. The molecule has 7 heteroatoms. The molecule has 2 aromatic rings. The Balaban J connectivity index is 2.01. The lowest BCUT2D eigenvalue weighted by molar-refractivity contribution is -0.138. The monoisotopic (exact) mass is 368 g/mol. The Hall–Kier alpha value is -2.98. The van der Waals surface area contributed by atoms with Crippen LogP contribution in [-0.4, -0.2) is 22.8 Å². The van der Waals surface area contributed by atoms with E-state index >= 15 is 0 Å². The second kappa shape index (κ2) is 7.50. The third kappa shape index (κ3) is 3.37. The van der Waals surface area contributed by atoms with E-state index in [1.165, 1.54) is 11.3 Å². The third-order valence-corrected chi connectivity index (χ3v) is 5.53. The predicted octanol–water partition coefficient (Wildman–Crippen LogP) is 3.29. The van der Waals surface area contributed by atoms with E-state index in [9.17, 15) is 19.5 Å². The summed E-state index contributed by atoms with van der Waals surface area (Å²) in [5.41, 5.74) is 1.39. The number of amides is 1. The van der Waals surface area contributed by atoms with Crippen molar-refractivity contribution < 1.29 is 19.5 Å². The molecule has 0 saturated carbocycles. The van der Waals surface area contributed by atoms with Crippen LogP contribution in [0.2, 0.25) is 0 Å². The Morgan fingerprint density at radius 1 is 1.15 bits per heavy atom. The Kier molecular flexibility index (Phi) is 5.14. The smallest absolute Gasteiger partial charge is 0.329 e. The van der Waals surface area contributed by atoms with Gasteiger partial charge in [-0.15, -0.1) is 11.3 Å². The van der Waals surface area contributed by atoms with Gasteiger partial charge in [-0.05, 0) is 43.4 Å². The Bertz CT molecular complexity index is 912. The number of nitrogens with one attached hydrogen (secondary N) is 1. The van der Waals surface area contributed by atoms with Crippen LogP contribution in [0.25, 0.3) is 0 Å². The SMILES string of the molecule is N#CC(C(=O)O)C(=O)c1c(NC(=O)c2ccccc2)sc2c1CCCC2. The van der Waals surface area contributed by atoms with Crippen LogP contribution in [0.15, 0.2) is 30.3 Å². The lowest BCUT2D eigenvalue weighted by atomic mass is 9.90. The van der Waals surface area contributed by atoms with Crippen molar-refractivity contribution >= 4 is 34.0 Å². The van der Waals surface area contributed by atoms with Gasteiger partial charge in [0.2, 0.25) is 5.92 Å². The van der Waals surface area contributed by atoms with Crippen LogP contribution in [0, 0.1) is 17.2 Å². The van der Waals surface area contributed by atoms with Gasteiger partial charge in [0, 0.05) is 10.4 Å². The van der Waals surface area contributed by atoms with Crippen LogP contribution < -0.4 is 5.32 Å². The maximum absolute atomic E-state index is 12.7. The standard InChI is InChI=1S/C19H16N2O4S/c20-10-13(19(24)25)16(22)15-12-8-4-5-9-14(12)26-18(15)21-17(23)11-6-2-1-3-7-11/h1-3,6-7,13H,4-5,8-9H2,(H,21,23)(H,24,25). The van der Waals surface area contributed by atoms with E-state index in [-0.39, 0.29) is 11.5 Å². The number of carboxylic acid groups (broad SMARTS) is 1. The quantitative estimate of drug-likeness (QED) is 0.622. The van der Waals surface area contributed by atoms with Crippen molar-refractivity contribution in [2.75, 3.05) is 5.32 Å². The summed E-state index contributed by atoms with van der Waals surface area (Å²) in [5.74, 6) is -4.39. The first-order valence-corrected chi connectivity index (χ1v) is 9.02. The van der Waals surface area contributed by atoms with E-state index in [1.54, 1.807) is 36.4 Å². The van der Waals surface area contributed by atoms with Gasteiger partial charge in [-0.2, -0.15) is 5.26 Å². The first-order valence-electron chi connectivity index (χ1n) is 8.20. The minimum Gasteiger partial charge on any atom is -0.480 e. The summed E-state index contributed by atoms with van der Waals surface area (Å²) >= 11 is 1.30. The van der Waals surface area contributed by atoms with E-state index in [0.717, 1.165) is 29.7 Å². The van der Waals surface area contributed by atoms with Crippen LogP contribution >= 0.6 is 11.3 Å². The average molecular weight is 368 g/mol. The van der Waals surface area contributed by atoms with E-state index in [0.29, 0.717) is 17.0 Å². The second-order valence-electron chi connectivity index (χ2n) is 6.00. The lowest BCUT2D eigenvalue weighted by Crippen LogP contribution is -2.24. The Morgan fingerprint density at radius 3 is 2.50 bits per heavy atom. The number of hydrogen-bond donors (Lipinski definition) is 2. The molecule has 26 heavy (non-hydrogen) atoms. The van der Waals surface area contributed by atoms with E-state index in [1.807, 2.05) is 0 Å². The molecule has 2 N–H and O–H groups in total. The molecule has 1 aromatic carbocycles. The third-order valence-electron chi connectivity index (χ3n) is 4.32. The molecule has 1 atom stereocenters. The number of Topliss-reactive ketones (excluding diaryl/α,β-unsaturated/α-hetero) is 1. The number of nitrogens with zero attached hydrogens (tertiary/aromatic N) is 1. The molecule has 3 rings (SSSR count). The average Bonchev–Trinajstić information content (AvgIpc) is 3.00. The van der Waals surface area contributed by atoms with Gasteiger partial charge >= 0.3 is 5.97 Å². The molecular formula is C19H16N2O4S. The predicted molar refractivity (Wildman–Crippen MR) is 96.4 cm³/mol. The van der Waals surface area contributed by atoms with Crippen molar-refractivity contribution in [3.8, 4) is 6.07 Å². The molecular weight excluding hydrogens is 352 g/mol. The summed E-state index contributed by atoms with van der Waals surface area (Å²) < 4.78 is 0. The fraction of sp³-hybridized carbons (Fsp3) is 0.263. The molecule has 1 amide bonds. The summed E-state index contributed by atoms with van der Waals surface area (Å²) in [7, 11) is 0. The summed E-state index contributed by atoms with van der Waals surface area (Å²) in [4.78, 5) is 37.5. The minimum absolute atomic E-state index is 0.183. The van der Waals surface area contributed by atoms with Crippen molar-refractivity contribution in [1.29, 1.82) is 5.26 Å². The number of carbonyl (C=O) groups excluding carboxylic acids is 2. The molecule has 0 spiro atoms. The summed E-state index contributed by atoms with van der Waals surface area (Å²) in [6.07, 6.45) is 3.30. The molecule has 1 aliphatic carbocycles. The summed E-state index contributed by atoms with van der Waals surface area (Å²) in [6.45, 7) is 0. The molecule has 0 radical (unpaired) electrons. The van der Waals surface area contributed by atoms with Crippen molar-refractivity contribution in [1.82, 2.24) is 0 Å². The number of carboxylic acids is 1. The van der Waals surface area contributed by atoms with Gasteiger partial charge in [-0.25, -0.2) is 0 Å². The van der Waals surface area contributed by atoms with Crippen molar-refractivity contribution in [2.45, 2.75) is 25.7 Å². The van der Waals surface area contributed by atoms with Gasteiger partial charge in [0.15, 0.2) is 5.78 Å². The van der Waals surface area contributed by atoms with Crippen molar-refractivity contribution in [3.05, 3.63) is 51.9 Å². The van der Waals surface area contributed by atoms with Crippen LogP contribution in [0.3, 0.4) is 0 Å². The maximum atomic E-state index is 12.7. The highest BCUT2D eigenvalue weighted by atomic mass is 32.1. The second-order valence-corrected chi connectivity index (χ2v) is 7.10. The highest BCUT2D eigenvalue weighted by Crippen LogP contribution is 2.39. The van der Waals surface area contributed by atoms with Crippen LogP contribution in [0.5, 0.6) is 0 Å². The number of thiophene rings is 1. The largest absolute Gasteiger partial charge is 0.480 e. The molecule has 1 heterocycles. The molecule has 1 unspecified atom stereocenters. The fourth-order valence-electron chi connectivity index (χ4n) is 3.05. The first-order chi connectivity index (χ1) is 12.5. The number of rotatable bonds is 5. The summed E-state index contributed by atoms with van der Waals surface area (Å²) in [6, 6.07) is 10.1. The highest BCUT2D eigenvalue weighted by molar-refractivity contribution is 7.17. The van der Waals surface area contributed by atoms with Gasteiger partial charge in [0.25, 0.3) is 5.91 Å². The zero-order valence-electron chi connectivity index (χ0n) is 13.8. The number of aliphatic carboxylic acids is 1. The number of nitriles is 1. The topological polar surface area (TPSA) is 107 Å². The zero-order chi connectivity index (χ0) is 18.7. The number of fused-ring (bicyclic) bond motifs is 1. The maximum Gasteiger partial charge on any atom is 0.329 e. The summed E-state index contributed by atoms with van der Waals surface area (Å²) in [5, 5.41) is 21.3. The Morgan fingerprint density at radius 2 is 1.85 bits per heavy atom. The van der Waals surface area contributed by atoms with E-state index in [4.69, 9.17) is 5.26 Å². The molecule has 132 valence electrons. The minimum atomic E-state index is -1.77. The lowest BCUT2D eigenvalue weighted by Gasteiger charge is -2.13. The first kappa shape index (κ1) is 17.8. The molecule has 0 fully saturated rings. The van der Waals surface area contributed by atoms with Gasteiger partial charge in [-0.3, -0.25) is 14.4 Å². The van der Waals surface area contributed by atoms with Gasteiger partial charge in [-0.1, -0.05) is 18.2 Å².